The zero-order valence-electron chi connectivity index (χ0n) is 8.82. The fourth-order valence-corrected chi connectivity index (χ4v) is 1.17. The molecule has 0 saturated carbocycles. The standard InChI is InChI=1S/C13H14N.Lr/c1-4-8-14-10-13-7-6-11(3)9-12(13)5-2;/h2,4-10H,1,3H3;/q-1;/b8-4-,14-10?;. The largest absolute Gasteiger partial charge is 0.292 e. The van der Waals surface area contributed by atoms with Gasteiger partial charge in [0, 0.05) is 12.4 Å². The number of nitrogens with zero attached hydrogens (tertiary/aromatic N) is 1. The second kappa shape index (κ2) is 5.92. The van der Waals surface area contributed by atoms with Crippen LogP contribution in [0.3, 0.4) is 0 Å². The topological polar surface area (TPSA) is 12.4 Å². The summed E-state index contributed by atoms with van der Waals surface area (Å²) >= 11 is 0. The van der Waals surface area contributed by atoms with Gasteiger partial charge in [-0.05, 0) is 13.8 Å². The molecule has 0 aromatic heterocycles. The van der Waals surface area contributed by atoms with Crippen LogP contribution >= 0.6 is 0 Å². The van der Waals surface area contributed by atoms with E-state index in [2.05, 4.69) is 4.99 Å². The minimum Gasteiger partial charge on any atom is -0.292 e. The second-order valence-corrected chi connectivity index (χ2v) is 3.06. The van der Waals surface area contributed by atoms with Crippen molar-refractivity contribution in [3.05, 3.63) is 53.7 Å². The molecule has 87 valence electrons. The van der Waals surface area contributed by atoms with Crippen molar-refractivity contribution in [2.24, 2.45) is 4.99 Å². The van der Waals surface area contributed by atoms with Gasteiger partial charge in [0.15, 0.2) is 0 Å². The van der Waals surface area contributed by atoms with Crippen LogP contribution in [0.1, 0.15) is 23.6 Å². The molecule has 1 nitrogen and oxygen atoms in total. The summed E-state index contributed by atoms with van der Waals surface area (Å²) in [4.78, 5) is 4.12. The molecule has 0 heterocycles. The Morgan fingerprint density at radius 2 is 2.00 bits per heavy atom. The minimum absolute atomic E-state index is 0. The number of aliphatic imine (C=N–C) groups is 1. The molecule has 0 N–H and O–H groups in total. The van der Waals surface area contributed by atoms with Gasteiger partial charge in [-0.25, -0.2) is 6.08 Å². The molecule has 0 bridgehead atoms. The third kappa shape index (κ3) is 3.31. The van der Waals surface area contributed by atoms with Crippen LogP contribution in [0.2, 0.25) is 0 Å². The van der Waals surface area contributed by atoms with Crippen LogP contribution in [-0.2, 0) is 0 Å². The Labute approximate surface area is 85.5 Å². The molecule has 1 aromatic carbocycles. The van der Waals surface area contributed by atoms with Crippen molar-refractivity contribution < 1.29 is 0 Å². The fraction of sp³-hybridized carbons (Fsp3) is 0.154. The van der Waals surface area contributed by atoms with E-state index in [1.807, 2.05) is 38.1 Å². The maximum absolute atomic E-state index is 5.52. The number of rotatable bonds is 3. The first kappa shape index (κ1) is 12.4. The molecule has 0 unspecified atom stereocenters. The van der Waals surface area contributed by atoms with Gasteiger partial charge in [-0.2, -0.15) is 5.56 Å². The Hall–Kier alpha value is -2.63. The summed E-state index contributed by atoms with van der Waals surface area (Å²) in [6, 6.07) is 6.10. The van der Waals surface area contributed by atoms with E-state index in [0.717, 1.165) is 11.1 Å². The molecule has 1 aromatic rings. The van der Waals surface area contributed by atoms with Crippen LogP contribution in [0.25, 0.3) is 6.08 Å². The Kier molecular flexibility index (Phi) is 4.88. The van der Waals surface area contributed by atoms with Crippen LogP contribution in [0.4, 0.5) is 0 Å². The Balaban J connectivity index is 0.00000196. The maximum Gasteiger partial charge on any atom is 0.0224 e. The van der Waals surface area contributed by atoms with Crippen molar-refractivity contribution >= 4 is 12.3 Å². The first-order valence-electron chi connectivity index (χ1n) is 4.58. The summed E-state index contributed by atoms with van der Waals surface area (Å²) in [6.07, 6.45) is 7.04. The summed E-state index contributed by atoms with van der Waals surface area (Å²) in [7, 11) is 0. The predicted octanol–water partition coefficient (Wildman–Crippen LogP) is 3.39. The number of hydrogen-bond acceptors (Lipinski definition) is 1. The molecule has 1 rings (SSSR count). The molecule has 0 aliphatic carbocycles. The summed E-state index contributed by atoms with van der Waals surface area (Å²) in [5.41, 5.74) is 3.25. The maximum atomic E-state index is 5.52. The molecule has 0 aliphatic rings. The molecule has 0 amide bonds. The minimum atomic E-state index is 0. The number of hydrogen-bond donors (Lipinski definition) is 0. The van der Waals surface area contributed by atoms with Crippen molar-refractivity contribution in [2.45, 2.75) is 13.8 Å². The molecule has 0 saturated heterocycles. The van der Waals surface area contributed by atoms with Crippen molar-refractivity contribution in [3.8, 4) is 0 Å². The van der Waals surface area contributed by atoms with E-state index < -0.39 is 0 Å². The monoisotopic (exact) mass is 446 g/mol. The smallest absolute Gasteiger partial charge is 0.0224 e. The van der Waals surface area contributed by atoms with E-state index in [1.165, 1.54) is 5.56 Å². The molecular formula is C13H14LrN-. The molecular weight excluding hydrogens is 432 g/mol. The zero-order chi connectivity index (χ0) is 10.4. The van der Waals surface area contributed by atoms with Gasteiger partial charge in [0.25, 0.3) is 0 Å². The number of benzene rings is 1. The van der Waals surface area contributed by atoms with Gasteiger partial charge in [-0.3, -0.25) is 11.6 Å². The van der Waals surface area contributed by atoms with Gasteiger partial charge in [0.1, 0.15) is 0 Å². The van der Waals surface area contributed by atoms with Crippen molar-refractivity contribution in [1.82, 2.24) is 0 Å². The average molecular weight is 446 g/mol. The molecule has 0 fully saturated rings. The fourth-order valence-electron chi connectivity index (χ4n) is 1.17. The average Bonchev–Trinajstić information content (AvgIpc) is 2.20. The van der Waals surface area contributed by atoms with E-state index in [4.69, 9.17) is 6.58 Å². The third-order valence-electron chi connectivity index (χ3n) is 1.87. The van der Waals surface area contributed by atoms with Gasteiger partial charge in [0.2, 0.25) is 0 Å². The summed E-state index contributed by atoms with van der Waals surface area (Å²) in [6.45, 7) is 9.49. The van der Waals surface area contributed by atoms with E-state index >= 15 is 0 Å². The van der Waals surface area contributed by atoms with Crippen molar-refractivity contribution in [2.75, 3.05) is 0 Å². The van der Waals surface area contributed by atoms with Crippen LogP contribution in [0, 0.1) is 13.5 Å². The Morgan fingerprint density at radius 1 is 1.27 bits per heavy atom. The van der Waals surface area contributed by atoms with Crippen LogP contribution < -0.4 is 0 Å². The predicted molar refractivity (Wildman–Crippen MR) is 62.4 cm³/mol. The Bertz CT molecular complexity index is 378. The molecule has 2 heteroatoms. The van der Waals surface area contributed by atoms with E-state index in [-0.39, 0.29) is 0 Å². The first-order valence-corrected chi connectivity index (χ1v) is 4.58. The molecule has 0 atom stereocenters. The molecule has 1 radical (unpaired) electrons. The molecule has 0 spiro atoms. The molecule has 15 heavy (non-hydrogen) atoms. The quantitative estimate of drug-likeness (QED) is 0.499. The van der Waals surface area contributed by atoms with Gasteiger partial charge >= 0.3 is 0 Å². The SMILES string of the molecule is [CH-]=Cc1cc(C)ccc1C=N/C=C\C.[Lr]. The van der Waals surface area contributed by atoms with Crippen molar-refractivity contribution in [3.63, 3.8) is 0 Å². The number of allylic oxidation sites excluding steroid dienone is 1. The third-order valence-corrected chi connectivity index (χ3v) is 1.87. The van der Waals surface area contributed by atoms with Crippen LogP contribution in [0.5, 0.6) is 0 Å². The van der Waals surface area contributed by atoms with E-state index in [0.29, 0.717) is 0 Å². The Morgan fingerprint density at radius 3 is 2.60 bits per heavy atom. The van der Waals surface area contributed by atoms with Gasteiger partial charge in [-0.15, -0.1) is 6.07 Å². The van der Waals surface area contributed by atoms with Crippen LogP contribution in [-0.4, -0.2) is 6.21 Å². The molecule has 0 aliphatic heterocycles. The first-order chi connectivity index (χ1) is 6.77. The summed E-state index contributed by atoms with van der Waals surface area (Å²) < 4.78 is 0. The second-order valence-electron chi connectivity index (χ2n) is 3.06. The van der Waals surface area contributed by atoms with Crippen LogP contribution in [0.15, 0.2) is 35.5 Å². The van der Waals surface area contributed by atoms with E-state index in [1.54, 1.807) is 18.5 Å². The van der Waals surface area contributed by atoms with E-state index in [9.17, 15) is 0 Å². The summed E-state index contributed by atoms with van der Waals surface area (Å²) in [5.74, 6) is 0. The van der Waals surface area contributed by atoms with Gasteiger partial charge < -0.3 is 0 Å². The number of aryl methyl sites for hydroxylation is 1. The summed E-state index contributed by atoms with van der Waals surface area (Å²) in [5, 5.41) is 0. The normalized spacial score (nSPS) is 10.5. The zero-order valence-corrected chi connectivity index (χ0v) is 11.0. The van der Waals surface area contributed by atoms with Crippen molar-refractivity contribution in [1.29, 1.82) is 0 Å². The van der Waals surface area contributed by atoms with Gasteiger partial charge in [0.05, 0.1) is 0 Å². The van der Waals surface area contributed by atoms with Gasteiger partial charge in [-0.1, -0.05) is 29.3 Å².